The van der Waals surface area contributed by atoms with Gasteiger partial charge in [0.1, 0.15) is 0 Å². The van der Waals surface area contributed by atoms with Crippen LogP contribution in [0.25, 0.3) is 0 Å². The fraction of sp³-hybridized carbons (Fsp3) is 0.722. The van der Waals surface area contributed by atoms with Gasteiger partial charge in [-0.1, -0.05) is 26.7 Å². The largest absolute Gasteiger partial charge is 0.352 e. The quantitative estimate of drug-likeness (QED) is 0.907. The van der Waals surface area contributed by atoms with E-state index in [9.17, 15) is 4.79 Å². The molecule has 1 aliphatic carbocycles. The van der Waals surface area contributed by atoms with Gasteiger partial charge >= 0.3 is 0 Å². The Kier molecular flexibility index (Phi) is 5.66. The molecule has 2 aliphatic rings. The Morgan fingerprint density at radius 1 is 1.17 bits per heavy atom. The maximum absolute atomic E-state index is 12.4. The Balaban J connectivity index is 1.43. The van der Waals surface area contributed by atoms with Crippen molar-refractivity contribution in [1.82, 2.24) is 20.2 Å². The molecule has 3 unspecified atom stereocenters. The molecule has 3 rings (SSSR count). The first-order chi connectivity index (χ1) is 11.6. The molecule has 0 spiro atoms. The second-order valence-corrected chi connectivity index (χ2v) is 7.25. The molecule has 2 fully saturated rings. The van der Waals surface area contributed by atoms with E-state index in [0.29, 0.717) is 24.4 Å². The zero-order chi connectivity index (χ0) is 16.9. The molecule has 6 nitrogen and oxygen atoms in total. The van der Waals surface area contributed by atoms with Crippen molar-refractivity contribution >= 4 is 11.9 Å². The van der Waals surface area contributed by atoms with Gasteiger partial charge in [0.05, 0.1) is 6.54 Å². The van der Waals surface area contributed by atoms with Crippen LogP contribution in [0, 0.1) is 11.8 Å². The highest BCUT2D eigenvalue weighted by atomic mass is 16.2. The molecule has 1 N–H and O–H groups in total. The average Bonchev–Trinajstić information content (AvgIpc) is 2.60. The first-order valence-electron chi connectivity index (χ1n) is 9.17. The molecular formula is C18H29N5O. The van der Waals surface area contributed by atoms with Crippen molar-refractivity contribution in [3.63, 3.8) is 0 Å². The van der Waals surface area contributed by atoms with Crippen molar-refractivity contribution in [3.8, 4) is 0 Å². The summed E-state index contributed by atoms with van der Waals surface area (Å²) in [5.74, 6) is 2.24. The van der Waals surface area contributed by atoms with E-state index in [-0.39, 0.29) is 5.91 Å². The molecule has 6 heteroatoms. The standard InChI is InChI=1S/C18H29N5O/c1-14-5-3-6-16(15(14)2)21-17(24)13-22-9-11-23(12-10-22)18-19-7-4-8-20-18/h4,7-8,14-16H,3,5-6,9-13H2,1-2H3,(H,21,24). The van der Waals surface area contributed by atoms with E-state index < -0.39 is 0 Å². The minimum atomic E-state index is 0.172. The predicted molar refractivity (Wildman–Crippen MR) is 94.8 cm³/mol. The van der Waals surface area contributed by atoms with Gasteiger partial charge in [0, 0.05) is 44.6 Å². The van der Waals surface area contributed by atoms with E-state index in [2.05, 4.69) is 38.9 Å². The van der Waals surface area contributed by atoms with Gasteiger partial charge in [0.25, 0.3) is 0 Å². The highest BCUT2D eigenvalue weighted by Gasteiger charge is 2.29. The molecule has 3 atom stereocenters. The van der Waals surface area contributed by atoms with Crippen LogP contribution in [0.5, 0.6) is 0 Å². The van der Waals surface area contributed by atoms with Gasteiger partial charge in [-0.05, 0) is 24.3 Å². The number of piperazine rings is 1. The second-order valence-electron chi connectivity index (χ2n) is 7.25. The number of nitrogens with zero attached hydrogens (tertiary/aromatic N) is 4. The lowest BCUT2D eigenvalue weighted by Crippen LogP contribution is -2.52. The molecule has 1 aromatic heterocycles. The van der Waals surface area contributed by atoms with E-state index in [1.54, 1.807) is 12.4 Å². The Morgan fingerprint density at radius 3 is 2.58 bits per heavy atom. The molecule has 2 heterocycles. The van der Waals surface area contributed by atoms with Crippen LogP contribution in [-0.4, -0.2) is 59.5 Å². The van der Waals surface area contributed by atoms with Crippen molar-refractivity contribution in [1.29, 1.82) is 0 Å². The lowest BCUT2D eigenvalue weighted by atomic mass is 9.78. The summed E-state index contributed by atoms with van der Waals surface area (Å²) in [7, 11) is 0. The molecule has 1 aliphatic heterocycles. The van der Waals surface area contributed by atoms with Crippen molar-refractivity contribution in [2.24, 2.45) is 11.8 Å². The molecule has 1 aromatic rings. The van der Waals surface area contributed by atoms with E-state index >= 15 is 0 Å². The third-order valence-electron chi connectivity index (χ3n) is 5.63. The molecular weight excluding hydrogens is 302 g/mol. The zero-order valence-corrected chi connectivity index (χ0v) is 14.8. The fourth-order valence-electron chi connectivity index (χ4n) is 3.80. The Labute approximate surface area is 144 Å². The molecule has 1 saturated carbocycles. The Morgan fingerprint density at radius 2 is 1.88 bits per heavy atom. The van der Waals surface area contributed by atoms with Crippen LogP contribution in [0.15, 0.2) is 18.5 Å². The van der Waals surface area contributed by atoms with E-state index in [1.807, 2.05) is 6.07 Å². The fourth-order valence-corrected chi connectivity index (χ4v) is 3.80. The van der Waals surface area contributed by atoms with E-state index in [0.717, 1.165) is 38.5 Å². The van der Waals surface area contributed by atoms with Crippen LogP contribution < -0.4 is 10.2 Å². The first kappa shape index (κ1) is 17.1. The SMILES string of the molecule is CC1CCCC(NC(=O)CN2CCN(c3ncccn3)CC2)C1C. The highest BCUT2D eigenvalue weighted by molar-refractivity contribution is 5.78. The maximum Gasteiger partial charge on any atom is 0.234 e. The van der Waals surface area contributed by atoms with Crippen LogP contribution in [0.4, 0.5) is 5.95 Å². The van der Waals surface area contributed by atoms with Gasteiger partial charge in [-0.25, -0.2) is 9.97 Å². The molecule has 0 bridgehead atoms. The predicted octanol–water partition coefficient (Wildman–Crippen LogP) is 1.54. The third kappa shape index (κ3) is 4.23. The molecule has 0 aromatic carbocycles. The van der Waals surface area contributed by atoms with Crippen molar-refractivity contribution < 1.29 is 4.79 Å². The maximum atomic E-state index is 12.4. The van der Waals surface area contributed by atoms with Gasteiger partial charge in [-0.3, -0.25) is 9.69 Å². The molecule has 24 heavy (non-hydrogen) atoms. The molecule has 0 radical (unpaired) electrons. The first-order valence-corrected chi connectivity index (χ1v) is 9.17. The van der Waals surface area contributed by atoms with E-state index in [4.69, 9.17) is 0 Å². The number of aromatic nitrogens is 2. The summed E-state index contributed by atoms with van der Waals surface area (Å²) < 4.78 is 0. The average molecular weight is 331 g/mol. The van der Waals surface area contributed by atoms with Crippen LogP contribution >= 0.6 is 0 Å². The number of anilines is 1. The van der Waals surface area contributed by atoms with Crippen molar-refractivity contribution in [2.45, 2.75) is 39.2 Å². The van der Waals surface area contributed by atoms with Crippen molar-refractivity contribution in [2.75, 3.05) is 37.6 Å². The Hall–Kier alpha value is -1.69. The van der Waals surface area contributed by atoms with Crippen LogP contribution in [0.1, 0.15) is 33.1 Å². The monoisotopic (exact) mass is 331 g/mol. The highest BCUT2D eigenvalue weighted by Crippen LogP contribution is 2.29. The topological polar surface area (TPSA) is 61.4 Å². The zero-order valence-electron chi connectivity index (χ0n) is 14.8. The van der Waals surface area contributed by atoms with Crippen molar-refractivity contribution in [3.05, 3.63) is 18.5 Å². The summed E-state index contributed by atoms with van der Waals surface area (Å²) in [6.07, 6.45) is 7.18. The molecule has 132 valence electrons. The summed E-state index contributed by atoms with van der Waals surface area (Å²) >= 11 is 0. The summed E-state index contributed by atoms with van der Waals surface area (Å²) in [6.45, 7) is 8.56. The molecule has 1 saturated heterocycles. The van der Waals surface area contributed by atoms with Gasteiger partial charge in [-0.15, -0.1) is 0 Å². The summed E-state index contributed by atoms with van der Waals surface area (Å²) in [5, 5.41) is 3.27. The minimum absolute atomic E-state index is 0.172. The number of hydrogen-bond acceptors (Lipinski definition) is 5. The van der Waals surface area contributed by atoms with Crippen LogP contribution in [-0.2, 0) is 4.79 Å². The van der Waals surface area contributed by atoms with Gasteiger partial charge in [0.2, 0.25) is 11.9 Å². The lowest BCUT2D eigenvalue weighted by Gasteiger charge is -2.36. The third-order valence-corrected chi connectivity index (χ3v) is 5.63. The second kappa shape index (κ2) is 7.92. The smallest absolute Gasteiger partial charge is 0.234 e. The van der Waals surface area contributed by atoms with Gasteiger partial charge in [0.15, 0.2) is 0 Å². The lowest BCUT2D eigenvalue weighted by molar-refractivity contribution is -0.123. The van der Waals surface area contributed by atoms with E-state index in [1.165, 1.54) is 12.8 Å². The van der Waals surface area contributed by atoms with Gasteiger partial charge < -0.3 is 10.2 Å². The summed E-state index contributed by atoms with van der Waals surface area (Å²) in [6, 6.07) is 2.18. The normalized spacial score (nSPS) is 28.6. The number of hydrogen-bond donors (Lipinski definition) is 1. The van der Waals surface area contributed by atoms with Crippen LogP contribution in [0.2, 0.25) is 0 Å². The number of rotatable bonds is 4. The summed E-state index contributed by atoms with van der Waals surface area (Å²) in [5.41, 5.74) is 0. The minimum Gasteiger partial charge on any atom is -0.352 e. The number of amides is 1. The van der Waals surface area contributed by atoms with Crippen LogP contribution in [0.3, 0.4) is 0 Å². The summed E-state index contributed by atoms with van der Waals surface area (Å²) in [4.78, 5) is 25.4. The Bertz CT molecular complexity index is 529. The van der Waals surface area contributed by atoms with Gasteiger partial charge in [-0.2, -0.15) is 0 Å². The number of carbonyl (C=O) groups excluding carboxylic acids is 1. The number of nitrogens with one attached hydrogen (secondary N) is 1. The number of carbonyl (C=O) groups is 1. The molecule has 1 amide bonds.